The first-order valence-electron chi connectivity index (χ1n) is 6.21. The van der Waals surface area contributed by atoms with E-state index in [1.54, 1.807) is 18.2 Å². The third kappa shape index (κ3) is 2.41. The Morgan fingerprint density at radius 1 is 1.16 bits per heavy atom. The SMILES string of the molecule is O=C(CC1Cc2ccccc21)c1cc(Cl)ccc1Cl. The Kier molecular flexibility index (Phi) is 3.34. The lowest BCUT2D eigenvalue weighted by Crippen LogP contribution is -2.20. The molecule has 2 aromatic carbocycles. The minimum absolute atomic E-state index is 0.0620. The Balaban J connectivity index is 1.79. The van der Waals surface area contributed by atoms with E-state index >= 15 is 0 Å². The van der Waals surface area contributed by atoms with Crippen LogP contribution in [0.1, 0.15) is 33.8 Å². The number of rotatable bonds is 3. The molecule has 0 fully saturated rings. The van der Waals surface area contributed by atoms with Gasteiger partial charge < -0.3 is 0 Å². The van der Waals surface area contributed by atoms with Crippen molar-refractivity contribution in [2.45, 2.75) is 18.8 Å². The number of benzene rings is 2. The highest BCUT2D eigenvalue weighted by molar-refractivity contribution is 6.35. The van der Waals surface area contributed by atoms with Gasteiger partial charge in [-0.2, -0.15) is 0 Å². The van der Waals surface area contributed by atoms with E-state index < -0.39 is 0 Å². The van der Waals surface area contributed by atoms with Gasteiger partial charge in [0.2, 0.25) is 0 Å². The molecule has 0 saturated carbocycles. The molecule has 1 aliphatic rings. The Hall–Kier alpha value is -1.31. The Morgan fingerprint density at radius 3 is 2.74 bits per heavy atom. The second-order valence-electron chi connectivity index (χ2n) is 4.85. The lowest BCUT2D eigenvalue weighted by atomic mass is 9.74. The number of halogens is 2. The van der Waals surface area contributed by atoms with Crippen LogP contribution in [0.2, 0.25) is 10.0 Å². The molecule has 0 radical (unpaired) electrons. The van der Waals surface area contributed by atoms with E-state index in [0.717, 1.165) is 6.42 Å². The average Bonchev–Trinajstić information content (AvgIpc) is 2.38. The summed E-state index contributed by atoms with van der Waals surface area (Å²) in [6, 6.07) is 13.3. The van der Waals surface area contributed by atoms with E-state index in [9.17, 15) is 4.79 Å². The lowest BCUT2D eigenvalue weighted by Gasteiger charge is -2.29. The largest absolute Gasteiger partial charge is 0.294 e. The lowest BCUT2D eigenvalue weighted by molar-refractivity contribution is 0.0970. The van der Waals surface area contributed by atoms with Gasteiger partial charge in [-0.1, -0.05) is 47.5 Å². The molecular weight excluding hydrogens is 279 g/mol. The minimum atomic E-state index is 0.0620. The van der Waals surface area contributed by atoms with Crippen LogP contribution in [-0.2, 0) is 6.42 Å². The fourth-order valence-corrected chi connectivity index (χ4v) is 2.98. The van der Waals surface area contributed by atoms with Crippen molar-refractivity contribution in [1.82, 2.24) is 0 Å². The Labute approximate surface area is 122 Å². The predicted octanol–water partition coefficient (Wildman–Crippen LogP) is 4.91. The molecule has 0 N–H and O–H groups in total. The standard InChI is InChI=1S/C16H12Cl2O/c17-12-5-6-15(18)14(9-12)16(19)8-11-7-10-3-1-2-4-13(10)11/h1-6,9,11H,7-8H2. The summed E-state index contributed by atoms with van der Waals surface area (Å²) in [7, 11) is 0. The van der Waals surface area contributed by atoms with E-state index in [4.69, 9.17) is 23.2 Å². The molecule has 3 rings (SSSR count). The van der Waals surface area contributed by atoms with Gasteiger partial charge in [-0.3, -0.25) is 4.79 Å². The van der Waals surface area contributed by atoms with Crippen LogP contribution in [0.4, 0.5) is 0 Å². The molecule has 2 aromatic rings. The maximum absolute atomic E-state index is 12.3. The summed E-state index contributed by atoms with van der Waals surface area (Å²) < 4.78 is 0. The highest BCUT2D eigenvalue weighted by Crippen LogP contribution is 2.38. The van der Waals surface area contributed by atoms with Crippen LogP contribution in [0.5, 0.6) is 0 Å². The average molecular weight is 291 g/mol. The van der Waals surface area contributed by atoms with Gasteiger partial charge in [0.1, 0.15) is 0 Å². The maximum Gasteiger partial charge on any atom is 0.165 e. The zero-order chi connectivity index (χ0) is 13.4. The molecule has 19 heavy (non-hydrogen) atoms. The second-order valence-corrected chi connectivity index (χ2v) is 5.69. The summed E-state index contributed by atoms with van der Waals surface area (Å²) in [4.78, 5) is 12.3. The molecule has 1 unspecified atom stereocenters. The number of fused-ring (bicyclic) bond motifs is 1. The monoisotopic (exact) mass is 290 g/mol. The first kappa shape index (κ1) is 12.7. The summed E-state index contributed by atoms with van der Waals surface area (Å²) in [6.45, 7) is 0. The van der Waals surface area contributed by atoms with E-state index in [2.05, 4.69) is 12.1 Å². The summed E-state index contributed by atoms with van der Waals surface area (Å²) in [5.41, 5.74) is 3.16. The Morgan fingerprint density at radius 2 is 1.95 bits per heavy atom. The smallest absolute Gasteiger partial charge is 0.165 e. The van der Waals surface area contributed by atoms with Crippen LogP contribution >= 0.6 is 23.2 Å². The molecule has 0 spiro atoms. The summed E-state index contributed by atoms with van der Waals surface area (Å²) in [5, 5.41) is 1.02. The van der Waals surface area contributed by atoms with Gasteiger partial charge in [-0.05, 0) is 41.7 Å². The molecule has 0 bridgehead atoms. The zero-order valence-electron chi connectivity index (χ0n) is 10.2. The zero-order valence-corrected chi connectivity index (χ0v) is 11.7. The maximum atomic E-state index is 12.3. The molecule has 0 aromatic heterocycles. The van der Waals surface area contributed by atoms with E-state index in [0.29, 0.717) is 27.9 Å². The highest BCUT2D eigenvalue weighted by atomic mass is 35.5. The fraction of sp³-hybridized carbons (Fsp3) is 0.188. The van der Waals surface area contributed by atoms with Gasteiger partial charge in [-0.25, -0.2) is 0 Å². The van der Waals surface area contributed by atoms with Crippen molar-refractivity contribution in [2.24, 2.45) is 0 Å². The number of Topliss-reactive ketones (excluding diaryl/α,β-unsaturated/α-hetero) is 1. The molecule has 0 amide bonds. The van der Waals surface area contributed by atoms with Crippen LogP contribution in [0.3, 0.4) is 0 Å². The first-order chi connectivity index (χ1) is 9.15. The van der Waals surface area contributed by atoms with Crippen molar-refractivity contribution in [2.75, 3.05) is 0 Å². The van der Waals surface area contributed by atoms with Crippen molar-refractivity contribution in [1.29, 1.82) is 0 Å². The Bertz CT molecular complexity index is 649. The number of carbonyl (C=O) groups is 1. The molecule has 0 aliphatic heterocycles. The summed E-state index contributed by atoms with van der Waals surface area (Å²) >= 11 is 12.0. The van der Waals surface area contributed by atoms with Gasteiger partial charge >= 0.3 is 0 Å². The minimum Gasteiger partial charge on any atom is -0.294 e. The van der Waals surface area contributed by atoms with Gasteiger partial charge in [0.05, 0.1) is 5.02 Å². The molecule has 3 heteroatoms. The normalized spacial score (nSPS) is 16.6. The van der Waals surface area contributed by atoms with Gasteiger partial charge in [-0.15, -0.1) is 0 Å². The van der Waals surface area contributed by atoms with Crippen LogP contribution in [0.25, 0.3) is 0 Å². The van der Waals surface area contributed by atoms with Crippen molar-refractivity contribution < 1.29 is 4.79 Å². The number of hydrogen-bond acceptors (Lipinski definition) is 1. The third-order valence-electron chi connectivity index (χ3n) is 3.62. The molecule has 0 heterocycles. The van der Waals surface area contributed by atoms with Gasteiger partial charge in [0.25, 0.3) is 0 Å². The second kappa shape index (κ2) is 4.99. The molecule has 1 atom stereocenters. The summed E-state index contributed by atoms with van der Waals surface area (Å²) in [5.74, 6) is 0.380. The highest BCUT2D eigenvalue weighted by Gasteiger charge is 2.28. The molecule has 1 nitrogen and oxygen atoms in total. The molecule has 1 aliphatic carbocycles. The van der Waals surface area contributed by atoms with Crippen LogP contribution < -0.4 is 0 Å². The first-order valence-corrected chi connectivity index (χ1v) is 6.97. The molecule has 96 valence electrons. The van der Waals surface area contributed by atoms with Crippen LogP contribution in [-0.4, -0.2) is 5.78 Å². The summed E-state index contributed by atoms with van der Waals surface area (Å²) in [6.07, 6.45) is 1.47. The quantitative estimate of drug-likeness (QED) is 0.735. The molecular formula is C16H12Cl2O. The van der Waals surface area contributed by atoms with Crippen molar-refractivity contribution in [3.63, 3.8) is 0 Å². The van der Waals surface area contributed by atoms with Crippen molar-refractivity contribution in [3.8, 4) is 0 Å². The van der Waals surface area contributed by atoms with Crippen molar-refractivity contribution in [3.05, 3.63) is 69.2 Å². The van der Waals surface area contributed by atoms with Crippen LogP contribution in [0, 0.1) is 0 Å². The number of hydrogen-bond donors (Lipinski definition) is 0. The van der Waals surface area contributed by atoms with E-state index in [1.807, 2.05) is 12.1 Å². The third-order valence-corrected chi connectivity index (χ3v) is 4.19. The van der Waals surface area contributed by atoms with E-state index in [-0.39, 0.29) is 5.78 Å². The van der Waals surface area contributed by atoms with E-state index in [1.165, 1.54) is 11.1 Å². The topological polar surface area (TPSA) is 17.1 Å². The van der Waals surface area contributed by atoms with Gasteiger partial charge in [0.15, 0.2) is 5.78 Å². The fourth-order valence-electron chi connectivity index (χ4n) is 2.59. The number of ketones is 1. The number of carbonyl (C=O) groups excluding carboxylic acids is 1. The van der Waals surface area contributed by atoms with Crippen LogP contribution in [0.15, 0.2) is 42.5 Å². The van der Waals surface area contributed by atoms with Crippen molar-refractivity contribution >= 4 is 29.0 Å². The predicted molar refractivity (Wildman–Crippen MR) is 78.3 cm³/mol. The van der Waals surface area contributed by atoms with Gasteiger partial charge in [0, 0.05) is 17.0 Å². The molecule has 0 saturated heterocycles.